The Morgan fingerprint density at radius 3 is 2.66 bits per heavy atom. The summed E-state index contributed by atoms with van der Waals surface area (Å²) in [6, 6.07) is 6.61. The molecule has 2 aromatic heterocycles. The summed E-state index contributed by atoms with van der Waals surface area (Å²) in [5, 5.41) is 8.57. The van der Waals surface area contributed by atoms with Gasteiger partial charge in [0.1, 0.15) is 17.0 Å². The SMILES string of the molecule is C/C=C/S(=O)(=O)N1CC[C@H]([N+](=O)N(C)[C@H](C(=O)N[C@H]2CC3=NC(CS3)c3ccc4c(c3)c(c(-c3cccnc3[C@H](C)OC)n4C)CC(C)(C)COC(=O)[C@@H]3CCCN(N3)C2=O)C(C)C)C1. The Kier molecular flexibility index (Phi) is 14.6. The molecule has 1 unspecified atom stereocenters. The van der Waals surface area contributed by atoms with Crippen LogP contribution in [0.3, 0.4) is 0 Å². The van der Waals surface area contributed by atoms with Crippen molar-refractivity contribution in [3.63, 3.8) is 0 Å². The van der Waals surface area contributed by atoms with E-state index in [9.17, 15) is 27.7 Å². The molecule has 2 fully saturated rings. The molecule has 2 N–H and O–H groups in total. The first kappa shape index (κ1) is 48.2. The zero-order chi connectivity index (χ0) is 47.0. The van der Waals surface area contributed by atoms with Gasteiger partial charge in [-0.25, -0.2) is 13.8 Å². The summed E-state index contributed by atoms with van der Waals surface area (Å²) in [6.07, 6.45) is 4.90. The van der Waals surface area contributed by atoms with Crippen molar-refractivity contribution in [1.29, 1.82) is 0 Å². The van der Waals surface area contributed by atoms with Gasteiger partial charge in [-0.1, -0.05) is 39.8 Å². The molecule has 3 aromatic rings. The van der Waals surface area contributed by atoms with Crippen molar-refractivity contribution < 1.29 is 37.1 Å². The van der Waals surface area contributed by atoms with Crippen LogP contribution in [0.5, 0.6) is 0 Å². The van der Waals surface area contributed by atoms with Crippen molar-refractivity contribution in [2.45, 2.75) is 110 Å². The molecule has 4 aliphatic heterocycles. The smallest absolute Gasteiger partial charge is 0.324 e. The van der Waals surface area contributed by atoms with Gasteiger partial charge in [0.25, 0.3) is 5.91 Å². The maximum atomic E-state index is 14.6. The fourth-order valence-electron chi connectivity index (χ4n) is 9.52. The summed E-state index contributed by atoms with van der Waals surface area (Å²) in [5.41, 5.74) is 8.54. The van der Waals surface area contributed by atoms with E-state index in [4.69, 9.17) is 19.5 Å². The number of nitrogens with zero attached hydrogens (tertiary/aromatic N) is 7. The minimum atomic E-state index is -3.68. The molecule has 352 valence electrons. The lowest BCUT2D eigenvalue weighted by molar-refractivity contribution is -0.732. The molecule has 6 atom stereocenters. The van der Waals surface area contributed by atoms with E-state index < -0.39 is 57.4 Å². The molecule has 2 amide bonds. The highest BCUT2D eigenvalue weighted by atomic mass is 32.2. The average Bonchev–Trinajstić information content (AvgIpc) is 4.03. The third kappa shape index (κ3) is 10.2. The number of hydrogen-bond acceptors (Lipinski definition) is 12. The quantitative estimate of drug-likeness (QED) is 0.145. The van der Waals surface area contributed by atoms with Gasteiger partial charge in [-0.05, 0) is 74.4 Å². The molecule has 0 saturated carbocycles. The van der Waals surface area contributed by atoms with Crippen molar-refractivity contribution >= 4 is 55.5 Å². The number of pyridine rings is 1. The summed E-state index contributed by atoms with van der Waals surface area (Å²) in [7, 11) is 1.58. The molecule has 17 nitrogen and oxygen atoms in total. The highest BCUT2D eigenvalue weighted by Gasteiger charge is 2.46. The summed E-state index contributed by atoms with van der Waals surface area (Å²) in [5.74, 6) is -1.19. The number of rotatable bonds is 11. The number of fused-ring (bicyclic) bond motifs is 5. The van der Waals surface area contributed by atoms with Crippen LogP contribution in [0, 0.1) is 16.2 Å². The van der Waals surface area contributed by atoms with Gasteiger partial charge in [-0.15, -0.1) is 16.8 Å². The molecule has 6 heterocycles. The van der Waals surface area contributed by atoms with Gasteiger partial charge in [-0.3, -0.25) is 29.4 Å². The van der Waals surface area contributed by atoms with Crippen molar-refractivity contribution in [3.8, 4) is 11.3 Å². The van der Waals surface area contributed by atoms with Crippen LogP contribution in [0.4, 0.5) is 0 Å². The molecule has 0 radical (unpaired) electrons. The molecule has 7 rings (SSSR count). The number of cyclic esters (lactones) is 1. The number of nitrogens with one attached hydrogen (secondary N) is 2. The molecular weight excluding hydrogens is 871 g/mol. The summed E-state index contributed by atoms with van der Waals surface area (Å²) in [6.45, 7) is 12.0. The topological polar surface area (TPSA) is 188 Å². The van der Waals surface area contributed by atoms with E-state index in [-0.39, 0.29) is 50.6 Å². The number of carbonyl (C=O) groups excluding carboxylic acids is 3. The number of aromatic nitrogens is 2. The Morgan fingerprint density at radius 1 is 1.17 bits per heavy atom. The van der Waals surface area contributed by atoms with Crippen molar-refractivity contribution in [3.05, 3.63) is 69.7 Å². The van der Waals surface area contributed by atoms with E-state index in [0.29, 0.717) is 41.5 Å². The number of esters is 1. The fourth-order valence-corrected chi connectivity index (χ4v) is 11.9. The minimum Gasteiger partial charge on any atom is -0.464 e. The van der Waals surface area contributed by atoms with Crippen LogP contribution in [0.1, 0.15) is 96.2 Å². The predicted molar refractivity (Wildman–Crippen MR) is 251 cm³/mol. The lowest BCUT2D eigenvalue weighted by atomic mass is 9.84. The van der Waals surface area contributed by atoms with Gasteiger partial charge < -0.3 is 19.4 Å². The number of nitroso groups, excluding NO2 is 1. The summed E-state index contributed by atoms with van der Waals surface area (Å²) < 4.78 is 40.8. The van der Waals surface area contributed by atoms with Crippen LogP contribution in [0.15, 0.2) is 53.0 Å². The average molecular weight is 935 g/mol. The standard InChI is InChI=1S/C46H63N9O8S2/c1-10-21-65(60,61)53-20-17-31(25-53)55(59)52(8)41(28(2)3)43(56)49-36-23-39-48-37(26-64-39)30-15-16-38-33(22-30)34(42(51(38)7)32-13-11-18-47-40(32)29(4)62-9)24-46(5,6)27-63-45(58)35-14-12-19-54(50-35)44(36)57/h10-11,13,15-16,18,21-22,28-29,31,35-37,41,50H,12,14,17,19-20,23-27H2,1-9H3/p+1/b21-10+/t29-,31-,35-,36-,37?,41-/m0/s1. The number of amides is 2. The number of thioether (sulfide) groups is 1. The number of aliphatic imine (C=N–C) groups is 1. The Bertz CT molecular complexity index is 2490. The van der Waals surface area contributed by atoms with Crippen LogP contribution >= 0.6 is 11.8 Å². The highest BCUT2D eigenvalue weighted by molar-refractivity contribution is 8.14. The Balaban J connectivity index is 1.23. The first-order valence-corrected chi connectivity index (χ1v) is 25.0. The summed E-state index contributed by atoms with van der Waals surface area (Å²) in [4.78, 5) is 67.4. The van der Waals surface area contributed by atoms with E-state index in [2.05, 4.69) is 60.5 Å². The zero-order valence-electron chi connectivity index (χ0n) is 38.9. The number of benzene rings is 1. The largest absolute Gasteiger partial charge is 0.464 e. The lowest BCUT2D eigenvalue weighted by Gasteiger charge is -2.36. The van der Waals surface area contributed by atoms with Gasteiger partial charge in [-0.2, -0.15) is 4.31 Å². The Morgan fingerprint density at radius 2 is 1.94 bits per heavy atom. The maximum Gasteiger partial charge on any atom is 0.324 e. The first-order valence-electron chi connectivity index (χ1n) is 22.5. The molecule has 4 aliphatic rings. The van der Waals surface area contributed by atoms with Gasteiger partial charge >= 0.3 is 5.97 Å². The van der Waals surface area contributed by atoms with Gasteiger partial charge in [0.2, 0.25) is 22.0 Å². The second kappa shape index (κ2) is 19.6. The number of methoxy groups -OCH3 is 1. The van der Waals surface area contributed by atoms with Crippen LogP contribution in [-0.2, 0) is 47.3 Å². The number of allylic oxidation sites excluding steroid dienone is 1. The normalized spacial score (nSPS) is 24.2. The van der Waals surface area contributed by atoms with Crippen LogP contribution in [0.2, 0.25) is 0 Å². The van der Waals surface area contributed by atoms with Gasteiger partial charge in [0.15, 0.2) is 6.04 Å². The lowest BCUT2D eigenvalue weighted by Crippen LogP contribution is -2.62. The van der Waals surface area contributed by atoms with E-state index in [1.165, 1.54) is 39.2 Å². The number of likely N-dealkylation sites (N-methyl/N-ethyl adjacent to an activating group) is 1. The number of carbonyl (C=O) groups is 3. The number of hydrogen-bond donors (Lipinski definition) is 2. The van der Waals surface area contributed by atoms with Gasteiger partial charge in [0, 0.05) is 79.3 Å². The number of ether oxygens (including phenoxy) is 2. The Hall–Kier alpha value is -4.69. The molecule has 0 spiro atoms. The zero-order valence-corrected chi connectivity index (χ0v) is 40.6. The molecule has 1 aromatic carbocycles. The monoisotopic (exact) mass is 934 g/mol. The maximum absolute atomic E-state index is 14.6. The summed E-state index contributed by atoms with van der Waals surface area (Å²) >= 11 is 1.54. The van der Waals surface area contributed by atoms with E-state index in [0.717, 1.165) is 44.4 Å². The van der Waals surface area contributed by atoms with Gasteiger partial charge in [0.05, 0.1) is 53.7 Å². The van der Waals surface area contributed by atoms with E-state index >= 15 is 0 Å². The molecule has 0 aliphatic carbocycles. The first-order chi connectivity index (χ1) is 30.8. The second-order valence-electron chi connectivity index (χ2n) is 18.7. The third-order valence-electron chi connectivity index (χ3n) is 13.0. The van der Waals surface area contributed by atoms with E-state index in [1.54, 1.807) is 20.2 Å². The van der Waals surface area contributed by atoms with Crippen molar-refractivity contribution in [2.75, 3.05) is 46.2 Å². The van der Waals surface area contributed by atoms with Crippen LogP contribution in [-0.4, -0.2) is 130 Å². The predicted octanol–water partition coefficient (Wildman–Crippen LogP) is 5.22. The third-order valence-corrected chi connectivity index (χ3v) is 15.7. The van der Waals surface area contributed by atoms with E-state index in [1.807, 2.05) is 26.8 Å². The Labute approximate surface area is 386 Å². The van der Waals surface area contributed by atoms with Crippen LogP contribution in [0.25, 0.3) is 22.2 Å². The number of sulfonamides is 1. The minimum absolute atomic E-state index is 0.0210. The molecule has 6 bridgehead atoms. The number of aryl methyl sites for hydroxylation is 1. The highest BCUT2D eigenvalue weighted by Crippen LogP contribution is 2.42. The molecule has 2 saturated heterocycles. The van der Waals surface area contributed by atoms with Crippen molar-refractivity contribution in [1.82, 2.24) is 34.6 Å². The number of hydrazine groups is 2. The molecule has 65 heavy (non-hydrogen) atoms. The molecule has 19 heteroatoms. The van der Waals surface area contributed by atoms with Crippen molar-refractivity contribution in [2.24, 2.45) is 23.4 Å². The fraction of sp³-hybridized carbons (Fsp3) is 0.587. The molecular formula is C46H64N9O8S2+. The van der Waals surface area contributed by atoms with Crippen LogP contribution < -0.4 is 10.7 Å². The second-order valence-corrected chi connectivity index (χ2v) is 21.6.